The van der Waals surface area contributed by atoms with E-state index in [2.05, 4.69) is 16.9 Å². The summed E-state index contributed by atoms with van der Waals surface area (Å²) in [6.45, 7) is 6.74. The van der Waals surface area contributed by atoms with Crippen LogP contribution in [0.25, 0.3) is 0 Å². The average Bonchev–Trinajstić information content (AvgIpc) is 3.05. The SMILES string of the molecule is Cc1ccccc1OC[C@@]1(O)CCN(Cc2c(C)cnn2C)C1. The first-order valence-corrected chi connectivity index (χ1v) is 8.07. The van der Waals surface area contributed by atoms with Crippen molar-refractivity contribution in [3.63, 3.8) is 0 Å². The largest absolute Gasteiger partial charge is 0.490 e. The Morgan fingerprint density at radius 3 is 2.74 bits per heavy atom. The number of benzene rings is 1. The number of aliphatic hydroxyl groups is 1. The van der Waals surface area contributed by atoms with Gasteiger partial charge in [0, 0.05) is 26.7 Å². The minimum absolute atomic E-state index is 0.332. The van der Waals surface area contributed by atoms with Crippen molar-refractivity contribution in [2.24, 2.45) is 7.05 Å². The first kappa shape index (κ1) is 16.0. The average molecular weight is 315 g/mol. The minimum Gasteiger partial charge on any atom is -0.490 e. The van der Waals surface area contributed by atoms with E-state index < -0.39 is 5.60 Å². The zero-order valence-electron chi connectivity index (χ0n) is 14.1. The molecule has 2 heterocycles. The zero-order chi connectivity index (χ0) is 16.4. The van der Waals surface area contributed by atoms with Crippen LogP contribution in [0.4, 0.5) is 0 Å². The van der Waals surface area contributed by atoms with Gasteiger partial charge in [0.1, 0.15) is 18.0 Å². The van der Waals surface area contributed by atoms with Crippen LogP contribution in [0.1, 0.15) is 23.2 Å². The van der Waals surface area contributed by atoms with E-state index in [1.807, 2.05) is 49.1 Å². The van der Waals surface area contributed by atoms with Crippen molar-refractivity contribution >= 4 is 0 Å². The normalized spacial score (nSPS) is 21.7. The molecule has 3 rings (SSSR count). The van der Waals surface area contributed by atoms with E-state index in [1.165, 1.54) is 11.3 Å². The maximum atomic E-state index is 10.8. The molecule has 5 nitrogen and oxygen atoms in total. The molecule has 1 aromatic carbocycles. The lowest BCUT2D eigenvalue weighted by atomic mass is 10.1. The van der Waals surface area contributed by atoms with Gasteiger partial charge in [0.05, 0.1) is 11.9 Å². The standard InChI is InChI=1S/C18H25N3O2/c1-14-6-4-5-7-17(14)23-13-18(22)8-9-21(12-18)11-16-15(2)10-19-20(16)3/h4-7,10,22H,8-9,11-13H2,1-3H3/t18-/m1/s1. The molecule has 1 fully saturated rings. The van der Waals surface area contributed by atoms with Crippen LogP contribution in [0.2, 0.25) is 0 Å². The lowest BCUT2D eigenvalue weighted by molar-refractivity contribution is 0.00303. The van der Waals surface area contributed by atoms with E-state index in [4.69, 9.17) is 4.74 Å². The highest BCUT2D eigenvalue weighted by molar-refractivity contribution is 5.31. The van der Waals surface area contributed by atoms with Crippen LogP contribution < -0.4 is 4.74 Å². The Hall–Kier alpha value is -1.85. The zero-order valence-corrected chi connectivity index (χ0v) is 14.1. The first-order chi connectivity index (χ1) is 11.0. The minimum atomic E-state index is -0.783. The molecule has 0 radical (unpaired) electrons. The fourth-order valence-corrected chi connectivity index (χ4v) is 3.14. The molecule has 5 heteroatoms. The number of ether oxygens (including phenoxy) is 1. The number of aryl methyl sites for hydroxylation is 3. The third-order valence-electron chi connectivity index (χ3n) is 4.65. The van der Waals surface area contributed by atoms with Crippen molar-refractivity contribution in [3.8, 4) is 5.75 Å². The molecule has 0 aliphatic carbocycles. The van der Waals surface area contributed by atoms with Crippen molar-refractivity contribution in [1.82, 2.24) is 14.7 Å². The number of likely N-dealkylation sites (tertiary alicyclic amines) is 1. The molecular formula is C18H25N3O2. The summed E-state index contributed by atoms with van der Waals surface area (Å²) in [4.78, 5) is 2.27. The highest BCUT2D eigenvalue weighted by atomic mass is 16.5. The summed E-state index contributed by atoms with van der Waals surface area (Å²) in [5, 5.41) is 15.1. The van der Waals surface area contributed by atoms with Crippen LogP contribution >= 0.6 is 0 Å². The van der Waals surface area contributed by atoms with Gasteiger partial charge in [0.25, 0.3) is 0 Å². The monoisotopic (exact) mass is 315 g/mol. The summed E-state index contributed by atoms with van der Waals surface area (Å²) in [6.07, 6.45) is 2.62. The Bertz CT molecular complexity index is 663. The van der Waals surface area contributed by atoms with E-state index >= 15 is 0 Å². The molecule has 1 atom stereocenters. The molecule has 0 saturated carbocycles. The van der Waals surface area contributed by atoms with Gasteiger partial charge in [0.15, 0.2) is 0 Å². The number of β-amino-alcohol motifs (C(OH)–C–C–N with tert-alkyl or cyclic N) is 1. The van der Waals surface area contributed by atoms with Crippen LogP contribution in [0.3, 0.4) is 0 Å². The Kier molecular flexibility index (Phi) is 4.41. The molecule has 1 aromatic heterocycles. The van der Waals surface area contributed by atoms with Gasteiger partial charge in [-0.15, -0.1) is 0 Å². The predicted octanol–water partition coefficient (Wildman–Crippen LogP) is 2.05. The molecule has 0 bridgehead atoms. The molecule has 0 spiro atoms. The number of hydrogen-bond donors (Lipinski definition) is 1. The Balaban J connectivity index is 1.59. The van der Waals surface area contributed by atoms with Crippen LogP contribution in [-0.2, 0) is 13.6 Å². The lowest BCUT2D eigenvalue weighted by Gasteiger charge is -2.24. The summed E-state index contributed by atoms with van der Waals surface area (Å²) < 4.78 is 7.77. The van der Waals surface area contributed by atoms with Crippen LogP contribution in [0, 0.1) is 13.8 Å². The molecule has 1 aliphatic rings. The quantitative estimate of drug-likeness (QED) is 0.917. The van der Waals surface area contributed by atoms with Gasteiger partial charge in [-0.2, -0.15) is 5.10 Å². The first-order valence-electron chi connectivity index (χ1n) is 8.07. The Morgan fingerprint density at radius 1 is 1.26 bits per heavy atom. The fraction of sp³-hybridized carbons (Fsp3) is 0.500. The Morgan fingerprint density at radius 2 is 2.04 bits per heavy atom. The summed E-state index contributed by atoms with van der Waals surface area (Å²) in [6, 6.07) is 7.92. The number of nitrogens with zero attached hydrogens (tertiary/aromatic N) is 3. The number of para-hydroxylation sites is 1. The van der Waals surface area contributed by atoms with Gasteiger partial charge in [-0.25, -0.2) is 0 Å². The third kappa shape index (κ3) is 3.57. The van der Waals surface area contributed by atoms with Crippen molar-refractivity contribution in [3.05, 3.63) is 47.3 Å². The highest BCUT2D eigenvalue weighted by Gasteiger charge is 2.37. The van der Waals surface area contributed by atoms with E-state index in [1.54, 1.807) is 0 Å². The molecule has 23 heavy (non-hydrogen) atoms. The molecule has 1 aliphatic heterocycles. The molecule has 1 N–H and O–H groups in total. The molecule has 1 saturated heterocycles. The van der Waals surface area contributed by atoms with Crippen molar-refractivity contribution in [1.29, 1.82) is 0 Å². The topological polar surface area (TPSA) is 50.5 Å². The van der Waals surface area contributed by atoms with E-state index in [9.17, 15) is 5.11 Å². The van der Waals surface area contributed by atoms with Gasteiger partial charge in [-0.1, -0.05) is 18.2 Å². The van der Waals surface area contributed by atoms with Gasteiger partial charge < -0.3 is 9.84 Å². The number of aromatic nitrogens is 2. The molecule has 124 valence electrons. The molecular weight excluding hydrogens is 290 g/mol. The van der Waals surface area contributed by atoms with Crippen molar-refractivity contribution in [2.45, 2.75) is 32.4 Å². The summed E-state index contributed by atoms with van der Waals surface area (Å²) in [5.41, 5.74) is 2.71. The van der Waals surface area contributed by atoms with E-state index in [-0.39, 0.29) is 0 Å². The van der Waals surface area contributed by atoms with E-state index in [0.29, 0.717) is 13.2 Å². The van der Waals surface area contributed by atoms with Crippen molar-refractivity contribution in [2.75, 3.05) is 19.7 Å². The third-order valence-corrected chi connectivity index (χ3v) is 4.65. The second-order valence-electron chi connectivity index (χ2n) is 6.64. The van der Waals surface area contributed by atoms with Crippen molar-refractivity contribution < 1.29 is 9.84 Å². The summed E-state index contributed by atoms with van der Waals surface area (Å²) in [7, 11) is 1.96. The smallest absolute Gasteiger partial charge is 0.122 e. The maximum absolute atomic E-state index is 10.8. The summed E-state index contributed by atoms with van der Waals surface area (Å²) >= 11 is 0. The second kappa shape index (κ2) is 6.34. The fourth-order valence-electron chi connectivity index (χ4n) is 3.14. The molecule has 0 unspecified atom stereocenters. The molecule has 0 amide bonds. The lowest BCUT2D eigenvalue weighted by Crippen LogP contribution is -2.39. The second-order valence-corrected chi connectivity index (χ2v) is 6.64. The number of rotatable bonds is 5. The van der Waals surface area contributed by atoms with Gasteiger partial charge >= 0.3 is 0 Å². The van der Waals surface area contributed by atoms with Crippen LogP contribution in [-0.4, -0.2) is 45.1 Å². The van der Waals surface area contributed by atoms with Crippen LogP contribution in [0.5, 0.6) is 5.75 Å². The van der Waals surface area contributed by atoms with Gasteiger partial charge in [0.2, 0.25) is 0 Å². The predicted molar refractivity (Wildman–Crippen MR) is 89.5 cm³/mol. The number of hydrogen-bond acceptors (Lipinski definition) is 4. The maximum Gasteiger partial charge on any atom is 0.122 e. The van der Waals surface area contributed by atoms with Gasteiger partial charge in [-0.05, 0) is 37.5 Å². The highest BCUT2D eigenvalue weighted by Crippen LogP contribution is 2.26. The van der Waals surface area contributed by atoms with Gasteiger partial charge in [-0.3, -0.25) is 9.58 Å². The summed E-state index contributed by atoms with van der Waals surface area (Å²) in [5.74, 6) is 0.849. The van der Waals surface area contributed by atoms with Crippen LogP contribution in [0.15, 0.2) is 30.5 Å². The molecule has 2 aromatic rings. The Labute approximate surface area is 137 Å². The van der Waals surface area contributed by atoms with E-state index in [0.717, 1.165) is 30.8 Å².